The van der Waals surface area contributed by atoms with Crippen LogP contribution in [0.4, 0.5) is 0 Å². The van der Waals surface area contributed by atoms with Gasteiger partial charge in [-0.05, 0) is 55.5 Å². The predicted octanol–water partition coefficient (Wildman–Crippen LogP) is 4.28. The maximum absolute atomic E-state index is 12.4. The van der Waals surface area contributed by atoms with Crippen molar-refractivity contribution in [3.8, 4) is 28.6 Å². The summed E-state index contributed by atoms with van der Waals surface area (Å²) in [5.41, 5.74) is 3.88. The second-order valence-corrected chi connectivity index (χ2v) is 8.94. The molecule has 166 valence electrons. The fourth-order valence-electron chi connectivity index (χ4n) is 4.85. The van der Waals surface area contributed by atoms with Crippen LogP contribution in [0.3, 0.4) is 0 Å². The van der Waals surface area contributed by atoms with Crippen molar-refractivity contribution in [1.82, 2.24) is 15.0 Å². The summed E-state index contributed by atoms with van der Waals surface area (Å²) in [7, 11) is 0. The summed E-state index contributed by atoms with van der Waals surface area (Å²) in [6.45, 7) is 4.20. The number of benzene rings is 2. The Morgan fingerprint density at radius 3 is 2.88 bits per heavy atom. The molecule has 1 aromatic heterocycles. The number of β-amino-alcohol motifs (C(OH)–C–C–N with tert-alkyl or cyclic N) is 1. The van der Waals surface area contributed by atoms with Gasteiger partial charge in [0.15, 0.2) is 0 Å². The number of amides is 1. The van der Waals surface area contributed by atoms with Crippen LogP contribution in [0, 0.1) is 5.92 Å². The first-order valence-corrected chi connectivity index (χ1v) is 11.2. The quantitative estimate of drug-likeness (QED) is 0.599. The van der Waals surface area contributed by atoms with Gasteiger partial charge in [-0.2, -0.15) is 4.98 Å². The van der Waals surface area contributed by atoms with Gasteiger partial charge in [0.2, 0.25) is 11.7 Å². The molecule has 1 N–H and O–H groups in total. The van der Waals surface area contributed by atoms with E-state index in [9.17, 15) is 9.90 Å². The zero-order valence-corrected chi connectivity index (χ0v) is 18.7. The number of fused-ring (bicyclic) bond motifs is 3. The van der Waals surface area contributed by atoms with Gasteiger partial charge in [-0.15, -0.1) is 0 Å². The topological polar surface area (TPSA) is 88.7 Å². The van der Waals surface area contributed by atoms with Crippen LogP contribution in [0.25, 0.3) is 22.8 Å². The molecule has 0 radical (unpaired) electrons. The fourth-order valence-corrected chi connectivity index (χ4v) is 5.08. The lowest BCUT2D eigenvalue weighted by Crippen LogP contribution is -2.30. The van der Waals surface area contributed by atoms with Crippen LogP contribution in [0.2, 0.25) is 5.02 Å². The Labute approximate surface area is 191 Å². The van der Waals surface area contributed by atoms with E-state index in [1.54, 1.807) is 17.0 Å². The van der Waals surface area contributed by atoms with Crippen molar-refractivity contribution in [2.24, 2.45) is 5.92 Å². The summed E-state index contributed by atoms with van der Waals surface area (Å²) >= 11 is 6.36. The number of nitrogens with zero attached hydrogens (tertiary/aromatic N) is 3. The van der Waals surface area contributed by atoms with Crippen molar-refractivity contribution in [3.63, 3.8) is 0 Å². The lowest BCUT2D eigenvalue weighted by Gasteiger charge is -2.24. The number of hydrogen-bond donors (Lipinski definition) is 1. The summed E-state index contributed by atoms with van der Waals surface area (Å²) < 4.78 is 11.2. The van der Waals surface area contributed by atoms with E-state index in [4.69, 9.17) is 20.9 Å². The Morgan fingerprint density at radius 2 is 2.12 bits per heavy atom. The van der Waals surface area contributed by atoms with Gasteiger partial charge in [0.25, 0.3) is 5.89 Å². The van der Waals surface area contributed by atoms with Crippen molar-refractivity contribution < 1.29 is 19.2 Å². The van der Waals surface area contributed by atoms with Crippen molar-refractivity contribution in [3.05, 3.63) is 52.5 Å². The second kappa shape index (κ2) is 8.22. The van der Waals surface area contributed by atoms with Crippen molar-refractivity contribution in [2.45, 2.75) is 38.8 Å². The minimum absolute atomic E-state index is 0.00304. The van der Waals surface area contributed by atoms with E-state index in [1.165, 1.54) is 0 Å². The lowest BCUT2D eigenvalue weighted by molar-refractivity contribution is -0.129. The molecule has 2 aromatic carbocycles. The maximum Gasteiger partial charge on any atom is 0.258 e. The zero-order valence-electron chi connectivity index (χ0n) is 17.9. The number of likely N-dealkylation sites (tertiary alicyclic amines) is 1. The molecular formula is C24H24ClN3O4. The molecule has 0 saturated carbocycles. The van der Waals surface area contributed by atoms with E-state index >= 15 is 0 Å². The van der Waals surface area contributed by atoms with Crippen LogP contribution in [0.5, 0.6) is 5.75 Å². The first kappa shape index (κ1) is 21.0. The van der Waals surface area contributed by atoms with Crippen molar-refractivity contribution in [1.29, 1.82) is 0 Å². The molecule has 2 atom stereocenters. The second-order valence-electron chi connectivity index (χ2n) is 8.53. The molecule has 1 aliphatic carbocycles. The zero-order chi connectivity index (χ0) is 22.4. The number of aliphatic hydroxyl groups is 1. The standard InChI is InChI=1S/C24H24ClN3O4/c1-13(2)31-20-7-6-14(11-19(20)25)24-26-23(27-32-24)17-5-3-4-16-18(17)10-15-12-21(30)28(8-9-29)22(15)16/h3-7,11,13,15,22,29H,8-10,12H2,1-2H3/t15-,22+/m0/s1. The maximum atomic E-state index is 12.4. The van der Waals surface area contributed by atoms with E-state index < -0.39 is 0 Å². The Morgan fingerprint density at radius 1 is 1.28 bits per heavy atom. The Bertz CT molecular complexity index is 1180. The molecule has 0 spiro atoms. The largest absolute Gasteiger partial charge is 0.489 e. The van der Waals surface area contributed by atoms with Crippen LogP contribution in [-0.4, -0.2) is 45.3 Å². The van der Waals surface area contributed by atoms with Gasteiger partial charge < -0.3 is 19.3 Å². The van der Waals surface area contributed by atoms with Gasteiger partial charge in [-0.1, -0.05) is 35.0 Å². The van der Waals surface area contributed by atoms with Crippen molar-refractivity contribution in [2.75, 3.05) is 13.2 Å². The highest BCUT2D eigenvalue weighted by Gasteiger charge is 2.46. The molecule has 1 saturated heterocycles. The van der Waals surface area contributed by atoms with Gasteiger partial charge in [0.1, 0.15) is 5.75 Å². The summed E-state index contributed by atoms with van der Waals surface area (Å²) in [6.07, 6.45) is 1.30. The molecule has 2 heterocycles. The highest BCUT2D eigenvalue weighted by atomic mass is 35.5. The van der Waals surface area contributed by atoms with Gasteiger partial charge >= 0.3 is 0 Å². The molecule has 2 aliphatic rings. The average molecular weight is 454 g/mol. The Balaban J connectivity index is 1.46. The third kappa shape index (κ3) is 3.55. The molecule has 1 fully saturated rings. The van der Waals surface area contributed by atoms with Crippen molar-refractivity contribution >= 4 is 17.5 Å². The minimum Gasteiger partial charge on any atom is -0.489 e. The number of ether oxygens (including phenoxy) is 1. The third-order valence-electron chi connectivity index (χ3n) is 6.09. The summed E-state index contributed by atoms with van der Waals surface area (Å²) in [4.78, 5) is 18.8. The monoisotopic (exact) mass is 453 g/mol. The SMILES string of the molecule is CC(C)Oc1ccc(-c2nc(-c3cccc4c3C[C@H]3CC(=O)N(CCO)[C@@H]43)no2)cc1Cl. The lowest BCUT2D eigenvalue weighted by atomic mass is 10.0. The predicted molar refractivity (Wildman–Crippen MR) is 119 cm³/mol. The van der Waals surface area contributed by atoms with Gasteiger partial charge in [0, 0.05) is 24.1 Å². The molecule has 7 nitrogen and oxygen atoms in total. The summed E-state index contributed by atoms with van der Waals surface area (Å²) in [5, 5.41) is 14.1. The van der Waals surface area contributed by atoms with Gasteiger partial charge in [0.05, 0.1) is 23.8 Å². The number of halogens is 1. The molecular weight excluding hydrogens is 430 g/mol. The highest BCUT2D eigenvalue weighted by molar-refractivity contribution is 6.32. The molecule has 3 aromatic rings. The Hall–Kier alpha value is -2.90. The third-order valence-corrected chi connectivity index (χ3v) is 6.38. The van der Waals surface area contributed by atoms with Crippen LogP contribution >= 0.6 is 11.6 Å². The minimum atomic E-state index is -0.0399. The number of carbonyl (C=O) groups excluding carboxylic acids is 1. The first-order chi connectivity index (χ1) is 15.5. The number of rotatable bonds is 6. The Kier molecular flexibility index (Phi) is 5.39. The molecule has 0 unspecified atom stereocenters. The molecule has 32 heavy (non-hydrogen) atoms. The van der Waals surface area contributed by atoms with Crippen LogP contribution in [0.1, 0.15) is 37.4 Å². The van der Waals surface area contributed by atoms with E-state index in [-0.39, 0.29) is 30.6 Å². The van der Waals surface area contributed by atoms with Gasteiger partial charge in [-0.3, -0.25) is 4.79 Å². The normalized spacial score (nSPS) is 19.5. The first-order valence-electron chi connectivity index (χ1n) is 10.8. The molecule has 0 bridgehead atoms. The number of carbonyl (C=O) groups is 1. The number of aliphatic hydroxyl groups excluding tert-OH is 1. The summed E-state index contributed by atoms with van der Waals surface area (Å²) in [5.74, 6) is 1.82. The van der Waals surface area contributed by atoms with Crippen LogP contribution < -0.4 is 4.74 Å². The van der Waals surface area contributed by atoms with Crippen LogP contribution in [-0.2, 0) is 11.2 Å². The molecule has 1 amide bonds. The number of aromatic nitrogens is 2. The average Bonchev–Trinajstić information content (AvgIpc) is 3.44. The molecule has 8 heteroatoms. The smallest absolute Gasteiger partial charge is 0.258 e. The van der Waals surface area contributed by atoms with E-state index in [2.05, 4.69) is 16.2 Å². The van der Waals surface area contributed by atoms with E-state index in [1.807, 2.05) is 32.0 Å². The number of hydrogen-bond acceptors (Lipinski definition) is 6. The fraction of sp³-hybridized carbons (Fsp3) is 0.375. The van der Waals surface area contributed by atoms with Gasteiger partial charge in [-0.25, -0.2) is 0 Å². The van der Waals surface area contributed by atoms with Crippen LogP contribution in [0.15, 0.2) is 40.9 Å². The molecule has 1 aliphatic heterocycles. The van der Waals surface area contributed by atoms with E-state index in [0.717, 1.165) is 23.1 Å². The highest BCUT2D eigenvalue weighted by Crippen LogP contribution is 2.49. The molecule has 5 rings (SSSR count). The summed E-state index contributed by atoms with van der Waals surface area (Å²) in [6, 6.07) is 11.4. The van der Waals surface area contributed by atoms with E-state index in [0.29, 0.717) is 41.0 Å².